The van der Waals surface area contributed by atoms with Gasteiger partial charge in [0.05, 0.1) is 0 Å². The number of halogens is 1. The number of pyridine rings is 1. The van der Waals surface area contributed by atoms with Crippen molar-refractivity contribution >= 4 is 12.4 Å². The molecule has 0 saturated heterocycles. The molecule has 0 fully saturated rings. The summed E-state index contributed by atoms with van der Waals surface area (Å²) in [5, 5.41) is 0. The maximum Gasteiger partial charge on any atom is 0.0478 e. The first-order chi connectivity index (χ1) is 8.77. The minimum atomic E-state index is 0. The van der Waals surface area contributed by atoms with Crippen molar-refractivity contribution < 1.29 is 0 Å². The fourth-order valence-electron chi connectivity index (χ4n) is 2.14. The Balaban J connectivity index is 0.00000180. The summed E-state index contributed by atoms with van der Waals surface area (Å²) in [4.78, 5) is 6.74. The van der Waals surface area contributed by atoms with Crippen molar-refractivity contribution in [1.29, 1.82) is 0 Å². The predicted octanol–water partition coefficient (Wildman–Crippen LogP) is 3.59. The van der Waals surface area contributed by atoms with E-state index in [0.29, 0.717) is 5.92 Å². The lowest BCUT2D eigenvalue weighted by Gasteiger charge is -2.19. The first-order valence-corrected chi connectivity index (χ1v) is 6.38. The standard InChI is InChI=1S/C16H20N2.ClH/c1-18(2)13-11-15(14-8-4-3-5-9-14)16-10-6-7-12-17-16;/h3-10,12,15H,11,13H2,1-2H3;1H. The molecule has 0 N–H and O–H groups in total. The quantitative estimate of drug-likeness (QED) is 0.830. The van der Waals surface area contributed by atoms with E-state index >= 15 is 0 Å². The van der Waals surface area contributed by atoms with Crippen LogP contribution in [0.5, 0.6) is 0 Å². The molecule has 3 heteroatoms. The molecule has 19 heavy (non-hydrogen) atoms. The molecule has 2 nitrogen and oxygen atoms in total. The Bertz CT molecular complexity index is 417. The number of hydrogen-bond donors (Lipinski definition) is 0. The second kappa shape index (κ2) is 7.93. The van der Waals surface area contributed by atoms with Crippen LogP contribution in [0.2, 0.25) is 0 Å². The van der Waals surface area contributed by atoms with E-state index in [-0.39, 0.29) is 12.4 Å². The molecule has 0 spiro atoms. The van der Waals surface area contributed by atoms with Crippen molar-refractivity contribution in [1.82, 2.24) is 9.88 Å². The highest BCUT2D eigenvalue weighted by Crippen LogP contribution is 2.26. The van der Waals surface area contributed by atoms with E-state index < -0.39 is 0 Å². The molecule has 2 rings (SSSR count). The van der Waals surface area contributed by atoms with Gasteiger partial charge in [0, 0.05) is 17.8 Å². The third kappa shape index (κ3) is 4.66. The van der Waals surface area contributed by atoms with Crippen LogP contribution in [0.25, 0.3) is 0 Å². The minimum Gasteiger partial charge on any atom is -0.309 e. The van der Waals surface area contributed by atoms with Gasteiger partial charge in [-0.15, -0.1) is 12.4 Å². The van der Waals surface area contributed by atoms with Crippen LogP contribution >= 0.6 is 12.4 Å². The molecule has 1 unspecified atom stereocenters. The van der Waals surface area contributed by atoms with Crippen LogP contribution in [0, 0.1) is 0 Å². The molecule has 1 aromatic carbocycles. The molecule has 1 heterocycles. The van der Waals surface area contributed by atoms with Gasteiger partial charge in [-0.1, -0.05) is 36.4 Å². The second-order valence-corrected chi connectivity index (χ2v) is 4.81. The third-order valence-corrected chi connectivity index (χ3v) is 3.11. The Labute approximate surface area is 121 Å². The van der Waals surface area contributed by atoms with E-state index in [0.717, 1.165) is 18.7 Å². The first-order valence-electron chi connectivity index (χ1n) is 6.38. The lowest BCUT2D eigenvalue weighted by Crippen LogP contribution is -2.17. The van der Waals surface area contributed by atoms with Gasteiger partial charge < -0.3 is 4.90 Å². The fourth-order valence-corrected chi connectivity index (χ4v) is 2.14. The van der Waals surface area contributed by atoms with Gasteiger partial charge in [-0.3, -0.25) is 4.98 Å². The van der Waals surface area contributed by atoms with Crippen molar-refractivity contribution in [3.63, 3.8) is 0 Å². The fraction of sp³-hybridized carbons (Fsp3) is 0.312. The highest BCUT2D eigenvalue weighted by molar-refractivity contribution is 5.85. The largest absolute Gasteiger partial charge is 0.309 e. The van der Waals surface area contributed by atoms with Gasteiger partial charge in [0.25, 0.3) is 0 Å². The van der Waals surface area contributed by atoms with Crippen molar-refractivity contribution in [3.05, 3.63) is 66.0 Å². The third-order valence-electron chi connectivity index (χ3n) is 3.11. The maximum atomic E-state index is 4.51. The Morgan fingerprint density at radius 3 is 2.26 bits per heavy atom. The number of rotatable bonds is 5. The molecular formula is C16H21ClN2. The molecule has 0 amide bonds. The van der Waals surface area contributed by atoms with E-state index in [1.807, 2.05) is 12.3 Å². The average molecular weight is 277 g/mol. The normalized spacial score (nSPS) is 11.9. The highest BCUT2D eigenvalue weighted by atomic mass is 35.5. The number of nitrogens with zero attached hydrogens (tertiary/aromatic N) is 2. The minimum absolute atomic E-state index is 0. The van der Waals surface area contributed by atoms with Crippen molar-refractivity contribution in [2.24, 2.45) is 0 Å². The first kappa shape index (κ1) is 15.7. The number of hydrogen-bond acceptors (Lipinski definition) is 2. The number of aromatic nitrogens is 1. The molecule has 102 valence electrons. The molecule has 0 saturated carbocycles. The summed E-state index contributed by atoms with van der Waals surface area (Å²) in [5.74, 6) is 0.384. The van der Waals surface area contributed by atoms with E-state index in [4.69, 9.17) is 0 Å². The maximum absolute atomic E-state index is 4.51. The van der Waals surface area contributed by atoms with Crippen LogP contribution in [0.4, 0.5) is 0 Å². The molecule has 0 aliphatic heterocycles. The summed E-state index contributed by atoms with van der Waals surface area (Å²) < 4.78 is 0. The summed E-state index contributed by atoms with van der Waals surface area (Å²) in [7, 11) is 4.22. The summed E-state index contributed by atoms with van der Waals surface area (Å²) in [6.45, 7) is 1.07. The van der Waals surface area contributed by atoms with Crippen LogP contribution in [-0.2, 0) is 0 Å². The SMILES string of the molecule is CN(C)CCC(c1ccccc1)c1ccccn1.Cl. The Hall–Kier alpha value is -1.38. The van der Waals surface area contributed by atoms with E-state index in [1.54, 1.807) is 0 Å². The molecule has 1 aromatic heterocycles. The summed E-state index contributed by atoms with van der Waals surface area (Å²) >= 11 is 0. The van der Waals surface area contributed by atoms with Crippen molar-refractivity contribution in [2.75, 3.05) is 20.6 Å². The zero-order valence-corrected chi connectivity index (χ0v) is 12.3. The zero-order valence-electron chi connectivity index (χ0n) is 11.5. The van der Waals surface area contributed by atoms with Crippen LogP contribution in [0.15, 0.2) is 54.7 Å². The van der Waals surface area contributed by atoms with Crippen LogP contribution < -0.4 is 0 Å². The van der Waals surface area contributed by atoms with Gasteiger partial charge >= 0.3 is 0 Å². The van der Waals surface area contributed by atoms with Crippen LogP contribution in [0.1, 0.15) is 23.6 Å². The van der Waals surface area contributed by atoms with Crippen molar-refractivity contribution in [3.8, 4) is 0 Å². The highest BCUT2D eigenvalue weighted by Gasteiger charge is 2.14. The Morgan fingerprint density at radius 2 is 1.68 bits per heavy atom. The Morgan fingerprint density at radius 1 is 1.00 bits per heavy atom. The lowest BCUT2D eigenvalue weighted by atomic mass is 9.92. The smallest absolute Gasteiger partial charge is 0.0478 e. The average Bonchev–Trinajstić information content (AvgIpc) is 2.41. The molecule has 0 bridgehead atoms. The van der Waals surface area contributed by atoms with E-state index in [1.165, 1.54) is 5.56 Å². The molecular weight excluding hydrogens is 256 g/mol. The monoisotopic (exact) mass is 276 g/mol. The van der Waals surface area contributed by atoms with Gasteiger partial charge in [-0.25, -0.2) is 0 Å². The molecule has 0 aliphatic rings. The second-order valence-electron chi connectivity index (χ2n) is 4.81. The predicted molar refractivity (Wildman–Crippen MR) is 82.9 cm³/mol. The van der Waals surface area contributed by atoms with Crippen LogP contribution in [-0.4, -0.2) is 30.5 Å². The van der Waals surface area contributed by atoms with Gasteiger partial charge in [-0.2, -0.15) is 0 Å². The summed E-state index contributed by atoms with van der Waals surface area (Å²) in [6, 6.07) is 16.8. The van der Waals surface area contributed by atoms with Gasteiger partial charge in [0.1, 0.15) is 0 Å². The topological polar surface area (TPSA) is 16.1 Å². The Kier molecular flexibility index (Phi) is 6.54. The zero-order chi connectivity index (χ0) is 12.8. The van der Waals surface area contributed by atoms with E-state index in [2.05, 4.69) is 66.4 Å². The molecule has 2 aromatic rings. The summed E-state index contributed by atoms with van der Waals surface area (Å²) in [5.41, 5.74) is 2.50. The lowest BCUT2D eigenvalue weighted by molar-refractivity contribution is 0.389. The van der Waals surface area contributed by atoms with Gasteiger partial charge in [-0.05, 0) is 44.8 Å². The molecule has 0 aliphatic carbocycles. The summed E-state index contributed by atoms with van der Waals surface area (Å²) in [6.07, 6.45) is 2.97. The van der Waals surface area contributed by atoms with Gasteiger partial charge in [0.15, 0.2) is 0 Å². The van der Waals surface area contributed by atoms with Crippen LogP contribution in [0.3, 0.4) is 0 Å². The number of benzene rings is 1. The van der Waals surface area contributed by atoms with Gasteiger partial charge in [0.2, 0.25) is 0 Å². The molecule has 0 radical (unpaired) electrons. The molecule has 1 atom stereocenters. The van der Waals surface area contributed by atoms with E-state index in [9.17, 15) is 0 Å². The van der Waals surface area contributed by atoms with Crippen molar-refractivity contribution in [2.45, 2.75) is 12.3 Å².